The first-order valence-electron chi connectivity index (χ1n) is 3.65. The summed E-state index contributed by atoms with van der Waals surface area (Å²) in [5, 5.41) is 8.68. The molecule has 0 aromatic heterocycles. The van der Waals surface area contributed by atoms with E-state index in [1.807, 2.05) is 0 Å². The van der Waals surface area contributed by atoms with Gasteiger partial charge < -0.3 is 10.0 Å². The normalized spacial score (nSPS) is 12.2. The van der Waals surface area contributed by atoms with E-state index in [2.05, 4.69) is 12.6 Å². The standard InChI is InChI=1S/C7H13NO3S/c1-3-8(5(2)9)6(4-12)7(10)11/h6,12H,3-4H2,1-2H3,(H,10,11)/t6-/m0/s1. The number of hydrogen-bond acceptors (Lipinski definition) is 3. The van der Waals surface area contributed by atoms with Crippen LogP contribution in [0.4, 0.5) is 0 Å². The van der Waals surface area contributed by atoms with E-state index in [-0.39, 0.29) is 11.7 Å². The molecule has 0 fully saturated rings. The van der Waals surface area contributed by atoms with Crippen LogP contribution in [0, 0.1) is 0 Å². The summed E-state index contributed by atoms with van der Waals surface area (Å²) in [4.78, 5) is 22.8. The maximum atomic E-state index is 10.9. The molecule has 12 heavy (non-hydrogen) atoms. The first-order chi connectivity index (χ1) is 5.54. The van der Waals surface area contributed by atoms with Crippen LogP contribution in [0.3, 0.4) is 0 Å². The molecule has 0 rings (SSSR count). The molecule has 0 aliphatic rings. The van der Waals surface area contributed by atoms with Crippen LogP contribution in [0.1, 0.15) is 13.8 Å². The Hall–Kier alpha value is -0.710. The van der Waals surface area contributed by atoms with Gasteiger partial charge in [0.15, 0.2) is 0 Å². The smallest absolute Gasteiger partial charge is 0.327 e. The summed E-state index contributed by atoms with van der Waals surface area (Å²) in [6.07, 6.45) is 0. The predicted octanol–water partition coefficient (Wildman–Crippen LogP) is 0.238. The maximum Gasteiger partial charge on any atom is 0.327 e. The quantitative estimate of drug-likeness (QED) is 0.626. The van der Waals surface area contributed by atoms with Crippen LogP contribution in [-0.4, -0.2) is 40.2 Å². The summed E-state index contributed by atoms with van der Waals surface area (Å²) in [7, 11) is 0. The van der Waals surface area contributed by atoms with Gasteiger partial charge in [-0.2, -0.15) is 12.6 Å². The topological polar surface area (TPSA) is 57.6 Å². The number of nitrogens with zero attached hydrogens (tertiary/aromatic N) is 1. The molecule has 4 nitrogen and oxygen atoms in total. The predicted molar refractivity (Wildman–Crippen MR) is 48.3 cm³/mol. The lowest BCUT2D eigenvalue weighted by Crippen LogP contribution is -2.45. The van der Waals surface area contributed by atoms with Gasteiger partial charge in [-0.1, -0.05) is 0 Å². The molecule has 0 aromatic carbocycles. The molecule has 0 aromatic rings. The highest BCUT2D eigenvalue weighted by molar-refractivity contribution is 7.80. The molecule has 1 amide bonds. The van der Waals surface area contributed by atoms with E-state index in [0.717, 1.165) is 0 Å². The summed E-state index contributed by atoms with van der Waals surface area (Å²) >= 11 is 3.87. The van der Waals surface area contributed by atoms with Gasteiger partial charge in [-0.25, -0.2) is 4.79 Å². The third-order valence-corrected chi connectivity index (χ3v) is 1.93. The molecule has 0 aliphatic heterocycles. The monoisotopic (exact) mass is 191 g/mol. The average molecular weight is 191 g/mol. The summed E-state index contributed by atoms with van der Waals surface area (Å²) in [5.41, 5.74) is 0. The Morgan fingerprint density at radius 1 is 1.58 bits per heavy atom. The number of carbonyl (C=O) groups excluding carboxylic acids is 1. The summed E-state index contributed by atoms with van der Waals surface area (Å²) in [5.74, 6) is -1.11. The minimum absolute atomic E-state index is 0.142. The second-order valence-corrected chi connectivity index (χ2v) is 2.71. The molecular weight excluding hydrogens is 178 g/mol. The Labute approximate surface area is 77.0 Å². The van der Waals surface area contributed by atoms with Crippen molar-refractivity contribution in [1.82, 2.24) is 4.90 Å². The number of carboxylic acid groups (broad SMARTS) is 1. The molecule has 5 heteroatoms. The highest BCUT2D eigenvalue weighted by Crippen LogP contribution is 2.02. The van der Waals surface area contributed by atoms with E-state index in [4.69, 9.17) is 5.11 Å². The van der Waals surface area contributed by atoms with E-state index in [0.29, 0.717) is 6.54 Å². The Morgan fingerprint density at radius 2 is 2.08 bits per heavy atom. The van der Waals surface area contributed by atoms with Crippen LogP contribution in [0.5, 0.6) is 0 Å². The lowest BCUT2D eigenvalue weighted by atomic mass is 10.3. The second kappa shape index (κ2) is 5.03. The molecule has 0 bridgehead atoms. The summed E-state index contributed by atoms with van der Waals surface area (Å²) in [6, 6.07) is -0.809. The lowest BCUT2D eigenvalue weighted by molar-refractivity contribution is -0.148. The minimum atomic E-state index is -1.01. The fourth-order valence-electron chi connectivity index (χ4n) is 0.972. The first kappa shape index (κ1) is 11.3. The van der Waals surface area contributed by atoms with E-state index < -0.39 is 12.0 Å². The molecule has 0 heterocycles. The zero-order valence-corrected chi connectivity index (χ0v) is 8.04. The number of carboxylic acids is 1. The molecule has 0 radical (unpaired) electrons. The van der Waals surface area contributed by atoms with Gasteiger partial charge in [-0.3, -0.25) is 4.79 Å². The molecule has 0 saturated heterocycles. The van der Waals surface area contributed by atoms with E-state index in [1.54, 1.807) is 6.92 Å². The van der Waals surface area contributed by atoms with Gasteiger partial charge in [0, 0.05) is 19.2 Å². The average Bonchev–Trinajstić information content (AvgIpc) is 1.98. The molecular formula is C7H13NO3S. The van der Waals surface area contributed by atoms with Gasteiger partial charge in [-0.15, -0.1) is 0 Å². The highest BCUT2D eigenvalue weighted by atomic mass is 32.1. The Morgan fingerprint density at radius 3 is 2.17 bits per heavy atom. The SMILES string of the molecule is CCN(C(C)=O)[C@@H](CS)C(=O)O. The van der Waals surface area contributed by atoms with Crippen molar-refractivity contribution in [3.8, 4) is 0 Å². The molecule has 70 valence electrons. The number of carbonyl (C=O) groups is 2. The fraction of sp³-hybridized carbons (Fsp3) is 0.714. The van der Waals surface area contributed by atoms with Gasteiger partial charge in [0.2, 0.25) is 5.91 Å². The van der Waals surface area contributed by atoms with Crippen LogP contribution < -0.4 is 0 Å². The van der Waals surface area contributed by atoms with Crippen LogP contribution in [0.15, 0.2) is 0 Å². The number of rotatable bonds is 4. The third-order valence-electron chi connectivity index (χ3n) is 1.58. The summed E-state index contributed by atoms with van der Waals surface area (Å²) in [6.45, 7) is 3.48. The second-order valence-electron chi connectivity index (χ2n) is 2.34. The zero-order chi connectivity index (χ0) is 9.72. The molecule has 1 atom stereocenters. The van der Waals surface area contributed by atoms with Gasteiger partial charge in [0.05, 0.1) is 0 Å². The van der Waals surface area contributed by atoms with Crippen molar-refractivity contribution < 1.29 is 14.7 Å². The molecule has 1 N–H and O–H groups in total. The van der Waals surface area contributed by atoms with Crippen LogP contribution in [0.2, 0.25) is 0 Å². The maximum absolute atomic E-state index is 10.9. The molecule has 0 spiro atoms. The van der Waals surface area contributed by atoms with Crippen molar-refractivity contribution >= 4 is 24.5 Å². The van der Waals surface area contributed by atoms with Gasteiger partial charge in [0.1, 0.15) is 6.04 Å². The first-order valence-corrected chi connectivity index (χ1v) is 4.28. The van der Waals surface area contributed by atoms with Crippen molar-refractivity contribution in [3.05, 3.63) is 0 Å². The Bertz CT molecular complexity index is 163. The van der Waals surface area contributed by atoms with Crippen molar-refractivity contribution in [2.45, 2.75) is 19.9 Å². The molecule has 0 saturated carbocycles. The van der Waals surface area contributed by atoms with E-state index >= 15 is 0 Å². The molecule has 0 unspecified atom stereocenters. The van der Waals surface area contributed by atoms with Crippen LogP contribution in [-0.2, 0) is 9.59 Å². The van der Waals surface area contributed by atoms with Gasteiger partial charge in [0.25, 0.3) is 0 Å². The fourth-order valence-corrected chi connectivity index (χ4v) is 1.33. The van der Waals surface area contributed by atoms with Crippen molar-refractivity contribution in [1.29, 1.82) is 0 Å². The number of amides is 1. The third kappa shape index (κ3) is 2.73. The Balaban J connectivity index is 4.44. The summed E-state index contributed by atoms with van der Waals surface area (Å²) < 4.78 is 0. The van der Waals surface area contributed by atoms with Crippen molar-refractivity contribution in [2.75, 3.05) is 12.3 Å². The van der Waals surface area contributed by atoms with Crippen molar-refractivity contribution in [2.24, 2.45) is 0 Å². The minimum Gasteiger partial charge on any atom is -0.480 e. The largest absolute Gasteiger partial charge is 0.480 e. The molecule has 0 aliphatic carbocycles. The van der Waals surface area contributed by atoms with Crippen LogP contribution in [0.25, 0.3) is 0 Å². The number of aliphatic carboxylic acids is 1. The van der Waals surface area contributed by atoms with E-state index in [1.165, 1.54) is 11.8 Å². The van der Waals surface area contributed by atoms with Gasteiger partial charge in [-0.05, 0) is 6.92 Å². The van der Waals surface area contributed by atoms with E-state index in [9.17, 15) is 9.59 Å². The number of hydrogen-bond donors (Lipinski definition) is 2. The number of likely N-dealkylation sites (N-methyl/N-ethyl adjacent to an activating group) is 1. The lowest BCUT2D eigenvalue weighted by Gasteiger charge is -2.24. The van der Waals surface area contributed by atoms with Crippen LogP contribution >= 0.6 is 12.6 Å². The zero-order valence-electron chi connectivity index (χ0n) is 7.15. The van der Waals surface area contributed by atoms with Crippen molar-refractivity contribution in [3.63, 3.8) is 0 Å². The number of thiol groups is 1. The Kier molecular flexibility index (Phi) is 4.73. The highest BCUT2D eigenvalue weighted by Gasteiger charge is 2.24. The van der Waals surface area contributed by atoms with Gasteiger partial charge >= 0.3 is 5.97 Å².